The Bertz CT molecular complexity index is 568. The molecule has 1 aliphatic heterocycles. The predicted octanol–water partition coefficient (Wildman–Crippen LogP) is 1.77. The van der Waals surface area contributed by atoms with Gasteiger partial charge < -0.3 is 14.8 Å². The number of rotatable bonds is 4. The Balaban J connectivity index is 1.87. The number of hydrogen-bond donors (Lipinski definition) is 1. The van der Waals surface area contributed by atoms with Gasteiger partial charge in [-0.2, -0.15) is 0 Å². The minimum atomic E-state index is 0.436. The normalized spacial score (nSPS) is 18.7. The Hall–Kier alpha value is -1.88. The molecule has 1 saturated heterocycles. The van der Waals surface area contributed by atoms with E-state index in [1.54, 1.807) is 13.3 Å². The van der Waals surface area contributed by atoms with E-state index in [0.717, 1.165) is 28.9 Å². The van der Waals surface area contributed by atoms with Crippen LogP contribution in [-0.4, -0.2) is 36.3 Å². The smallest absolute Gasteiger partial charge is 0.134 e. The second-order valence-corrected chi connectivity index (χ2v) is 4.69. The average Bonchev–Trinajstić information content (AvgIpc) is 2.97. The molecule has 19 heavy (non-hydrogen) atoms. The first-order chi connectivity index (χ1) is 9.36. The summed E-state index contributed by atoms with van der Waals surface area (Å²) >= 11 is 0. The van der Waals surface area contributed by atoms with Crippen molar-refractivity contribution in [3.63, 3.8) is 0 Å². The Morgan fingerprint density at radius 1 is 1.42 bits per heavy atom. The number of ether oxygens (including phenoxy) is 2. The molecule has 5 heteroatoms. The molecule has 1 N–H and O–H groups in total. The van der Waals surface area contributed by atoms with Crippen LogP contribution in [0, 0.1) is 0 Å². The van der Waals surface area contributed by atoms with Crippen LogP contribution >= 0.6 is 0 Å². The van der Waals surface area contributed by atoms with Gasteiger partial charge in [-0.05, 0) is 19.4 Å². The Labute approximate surface area is 112 Å². The largest absolute Gasteiger partial charge is 0.497 e. The second-order valence-electron chi connectivity index (χ2n) is 4.69. The lowest BCUT2D eigenvalue weighted by Crippen LogP contribution is -2.28. The van der Waals surface area contributed by atoms with Crippen molar-refractivity contribution in [2.45, 2.75) is 18.9 Å². The first kappa shape index (κ1) is 12.2. The van der Waals surface area contributed by atoms with Gasteiger partial charge in [-0.1, -0.05) is 0 Å². The first-order valence-electron chi connectivity index (χ1n) is 6.51. The quantitative estimate of drug-likeness (QED) is 0.907. The Morgan fingerprint density at radius 3 is 3.16 bits per heavy atom. The van der Waals surface area contributed by atoms with Crippen LogP contribution < -0.4 is 14.8 Å². The summed E-state index contributed by atoms with van der Waals surface area (Å²) in [4.78, 5) is 8.30. The van der Waals surface area contributed by atoms with Gasteiger partial charge in [-0.25, -0.2) is 9.97 Å². The van der Waals surface area contributed by atoms with Gasteiger partial charge in [0.25, 0.3) is 0 Å². The Kier molecular flexibility index (Phi) is 3.46. The predicted molar refractivity (Wildman–Crippen MR) is 72.6 cm³/mol. The Morgan fingerprint density at radius 2 is 2.37 bits per heavy atom. The standard InChI is InChI=1S/C14H17N3O2/c1-18-11-5-13-12(7-15-9-17-13)14(6-11)19-8-10-3-2-4-16-10/h5-7,9-10,16H,2-4,8H2,1H3/t10-/m1/s1. The first-order valence-corrected chi connectivity index (χ1v) is 6.51. The minimum absolute atomic E-state index is 0.436. The highest BCUT2D eigenvalue weighted by atomic mass is 16.5. The van der Waals surface area contributed by atoms with Crippen LogP contribution in [0.4, 0.5) is 0 Å². The van der Waals surface area contributed by atoms with E-state index in [1.165, 1.54) is 19.2 Å². The zero-order chi connectivity index (χ0) is 13.1. The molecule has 0 spiro atoms. The summed E-state index contributed by atoms with van der Waals surface area (Å²) in [7, 11) is 1.64. The summed E-state index contributed by atoms with van der Waals surface area (Å²) < 4.78 is 11.2. The summed E-state index contributed by atoms with van der Waals surface area (Å²) in [5.41, 5.74) is 0.837. The number of benzene rings is 1. The van der Waals surface area contributed by atoms with Crippen molar-refractivity contribution in [1.29, 1.82) is 0 Å². The van der Waals surface area contributed by atoms with Crippen LogP contribution in [0.2, 0.25) is 0 Å². The minimum Gasteiger partial charge on any atom is -0.497 e. The number of aromatic nitrogens is 2. The average molecular weight is 259 g/mol. The van der Waals surface area contributed by atoms with Crippen molar-refractivity contribution < 1.29 is 9.47 Å². The van der Waals surface area contributed by atoms with Crippen molar-refractivity contribution >= 4 is 10.9 Å². The fourth-order valence-electron chi connectivity index (χ4n) is 2.35. The van der Waals surface area contributed by atoms with Gasteiger partial charge in [0.2, 0.25) is 0 Å². The van der Waals surface area contributed by atoms with Crippen molar-refractivity contribution in [3.05, 3.63) is 24.7 Å². The second kappa shape index (κ2) is 5.40. The maximum atomic E-state index is 5.92. The fourth-order valence-corrected chi connectivity index (χ4v) is 2.35. The lowest BCUT2D eigenvalue weighted by molar-refractivity contribution is 0.278. The number of nitrogens with zero attached hydrogens (tertiary/aromatic N) is 2. The summed E-state index contributed by atoms with van der Waals surface area (Å²) in [6.45, 7) is 1.74. The molecule has 1 aromatic carbocycles. The van der Waals surface area contributed by atoms with Crippen LogP contribution in [0.15, 0.2) is 24.7 Å². The molecular weight excluding hydrogens is 242 g/mol. The van der Waals surface area contributed by atoms with E-state index in [0.29, 0.717) is 12.6 Å². The summed E-state index contributed by atoms with van der Waals surface area (Å²) in [6, 6.07) is 4.21. The fraction of sp³-hybridized carbons (Fsp3) is 0.429. The van der Waals surface area contributed by atoms with E-state index < -0.39 is 0 Å². The van der Waals surface area contributed by atoms with Crippen LogP contribution in [0.1, 0.15) is 12.8 Å². The van der Waals surface area contributed by atoms with Crippen molar-refractivity contribution in [1.82, 2.24) is 15.3 Å². The van der Waals surface area contributed by atoms with Gasteiger partial charge in [-0.15, -0.1) is 0 Å². The molecule has 0 unspecified atom stereocenters. The molecule has 0 bridgehead atoms. The van der Waals surface area contributed by atoms with Gasteiger partial charge in [-0.3, -0.25) is 0 Å². The molecule has 0 aliphatic carbocycles. The summed E-state index contributed by atoms with van der Waals surface area (Å²) in [5.74, 6) is 1.53. The van der Waals surface area contributed by atoms with Crippen molar-refractivity contribution in [2.75, 3.05) is 20.3 Å². The van der Waals surface area contributed by atoms with Crippen LogP contribution in [0.3, 0.4) is 0 Å². The van der Waals surface area contributed by atoms with Crippen molar-refractivity contribution in [3.8, 4) is 11.5 Å². The summed E-state index contributed by atoms with van der Waals surface area (Å²) in [6.07, 6.45) is 5.69. The van der Waals surface area contributed by atoms with Gasteiger partial charge >= 0.3 is 0 Å². The maximum Gasteiger partial charge on any atom is 0.134 e. The highest BCUT2D eigenvalue weighted by molar-refractivity contribution is 5.85. The highest BCUT2D eigenvalue weighted by Crippen LogP contribution is 2.29. The lowest BCUT2D eigenvalue weighted by Gasteiger charge is -2.14. The molecule has 1 atom stereocenters. The van der Waals surface area contributed by atoms with E-state index in [1.807, 2.05) is 12.1 Å². The number of hydrogen-bond acceptors (Lipinski definition) is 5. The molecule has 1 fully saturated rings. The van der Waals surface area contributed by atoms with Gasteiger partial charge in [0.1, 0.15) is 24.4 Å². The van der Waals surface area contributed by atoms with Gasteiger partial charge in [0.15, 0.2) is 0 Å². The molecule has 0 saturated carbocycles. The molecule has 0 radical (unpaired) electrons. The van der Waals surface area contributed by atoms with Crippen LogP contribution in [-0.2, 0) is 0 Å². The zero-order valence-corrected chi connectivity index (χ0v) is 10.9. The summed E-state index contributed by atoms with van der Waals surface area (Å²) in [5, 5.41) is 4.33. The lowest BCUT2D eigenvalue weighted by atomic mass is 10.2. The number of methoxy groups -OCH3 is 1. The van der Waals surface area contributed by atoms with E-state index in [2.05, 4.69) is 15.3 Å². The molecule has 1 aliphatic rings. The SMILES string of the molecule is COc1cc(OC[C@H]2CCCN2)c2cncnc2c1. The molecule has 3 rings (SSSR count). The third-order valence-corrected chi connectivity index (χ3v) is 3.40. The van der Waals surface area contributed by atoms with Crippen molar-refractivity contribution in [2.24, 2.45) is 0 Å². The highest BCUT2D eigenvalue weighted by Gasteiger charge is 2.15. The molecule has 1 aromatic heterocycles. The zero-order valence-electron chi connectivity index (χ0n) is 10.9. The van der Waals surface area contributed by atoms with E-state index in [4.69, 9.17) is 9.47 Å². The van der Waals surface area contributed by atoms with E-state index in [9.17, 15) is 0 Å². The van der Waals surface area contributed by atoms with Crippen LogP contribution in [0.5, 0.6) is 11.5 Å². The van der Waals surface area contributed by atoms with Crippen LogP contribution in [0.25, 0.3) is 10.9 Å². The molecular formula is C14H17N3O2. The molecule has 0 amide bonds. The topological polar surface area (TPSA) is 56.3 Å². The third-order valence-electron chi connectivity index (χ3n) is 3.40. The molecule has 100 valence electrons. The van der Waals surface area contributed by atoms with Gasteiger partial charge in [0, 0.05) is 24.4 Å². The monoisotopic (exact) mass is 259 g/mol. The van der Waals surface area contributed by atoms with E-state index in [-0.39, 0.29) is 0 Å². The van der Waals surface area contributed by atoms with Gasteiger partial charge in [0.05, 0.1) is 18.0 Å². The van der Waals surface area contributed by atoms with E-state index >= 15 is 0 Å². The third kappa shape index (κ3) is 2.61. The maximum absolute atomic E-state index is 5.92. The molecule has 2 aromatic rings. The number of fused-ring (bicyclic) bond motifs is 1. The molecule has 5 nitrogen and oxygen atoms in total. The number of nitrogens with one attached hydrogen (secondary N) is 1. The molecule has 2 heterocycles.